The van der Waals surface area contributed by atoms with Crippen molar-refractivity contribution in [1.82, 2.24) is 10.2 Å². The molecule has 3 rings (SSSR count). The maximum absolute atomic E-state index is 13.8. The molecule has 0 unspecified atom stereocenters. The summed E-state index contributed by atoms with van der Waals surface area (Å²) < 4.78 is 31.6. The number of nitrogens with one attached hydrogen (secondary N) is 1. The topological polar surface area (TPSA) is 96.0 Å². The lowest BCUT2D eigenvalue weighted by Crippen LogP contribution is -2.53. The molecule has 11 heteroatoms. The Kier molecular flexibility index (Phi) is 10.1. The minimum atomic E-state index is -3.82. The molecule has 1 aliphatic carbocycles. The van der Waals surface area contributed by atoms with Crippen LogP contribution in [0.5, 0.6) is 5.75 Å². The van der Waals surface area contributed by atoms with E-state index in [9.17, 15) is 18.0 Å². The molecule has 1 N–H and O–H groups in total. The molecular weight excluding hydrogens is 537 g/mol. The van der Waals surface area contributed by atoms with E-state index in [0.717, 1.165) is 36.2 Å². The monoisotopic (exact) mass is 569 g/mol. The second-order valence-electron chi connectivity index (χ2n) is 9.14. The number of hydrogen-bond donors (Lipinski definition) is 1. The predicted octanol–water partition coefficient (Wildman–Crippen LogP) is 4.63. The molecule has 1 fully saturated rings. The lowest BCUT2D eigenvalue weighted by molar-refractivity contribution is -0.140. The zero-order chi connectivity index (χ0) is 27.2. The lowest BCUT2D eigenvalue weighted by atomic mass is 10.1. The van der Waals surface area contributed by atoms with Gasteiger partial charge in [-0.25, -0.2) is 8.42 Å². The van der Waals surface area contributed by atoms with Crippen LogP contribution in [0.1, 0.15) is 44.6 Å². The molecule has 1 saturated carbocycles. The minimum Gasteiger partial charge on any atom is -0.497 e. The fourth-order valence-electron chi connectivity index (χ4n) is 4.48. The van der Waals surface area contributed by atoms with Crippen LogP contribution in [0.2, 0.25) is 10.0 Å². The summed E-state index contributed by atoms with van der Waals surface area (Å²) in [4.78, 5) is 28.5. The van der Waals surface area contributed by atoms with Gasteiger partial charge in [0, 0.05) is 22.6 Å². The van der Waals surface area contributed by atoms with E-state index >= 15 is 0 Å². The first-order chi connectivity index (χ1) is 17.5. The first-order valence-corrected chi connectivity index (χ1v) is 14.8. The van der Waals surface area contributed by atoms with Crippen LogP contribution in [0.4, 0.5) is 5.69 Å². The fourth-order valence-corrected chi connectivity index (χ4v) is 5.80. The highest BCUT2D eigenvalue weighted by atomic mass is 35.5. The zero-order valence-electron chi connectivity index (χ0n) is 21.2. The van der Waals surface area contributed by atoms with Gasteiger partial charge in [0.25, 0.3) is 0 Å². The van der Waals surface area contributed by atoms with Crippen LogP contribution in [-0.2, 0) is 26.2 Å². The second-order valence-corrected chi connectivity index (χ2v) is 11.9. The van der Waals surface area contributed by atoms with Gasteiger partial charge < -0.3 is 15.0 Å². The van der Waals surface area contributed by atoms with E-state index in [2.05, 4.69) is 5.32 Å². The van der Waals surface area contributed by atoms with Gasteiger partial charge in [-0.3, -0.25) is 13.9 Å². The Morgan fingerprint density at radius 1 is 1.11 bits per heavy atom. The van der Waals surface area contributed by atoms with Crippen molar-refractivity contribution in [2.75, 3.05) is 24.2 Å². The molecule has 0 aromatic heterocycles. The van der Waals surface area contributed by atoms with Gasteiger partial charge in [0.05, 0.1) is 19.1 Å². The van der Waals surface area contributed by atoms with Crippen LogP contribution >= 0.6 is 23.2 Å². The van der Waals surface area contributed by atoms with Crippen molar-refractivity contribution >= 4 is 50.7 Å². The number of carbonyl (C=O) groups is 2. The van der Waals surface area contributed by atoms with E-state index in [1.54, 1.807) is 42.5 Å². The summed E-state index contributed by atoms with van der Waals surface area (Å²) in [6.45, 7) is 1.36. The van der Waals surface area contributed by atoms with Crippen LogP contribution in [0.25, 0.3) is 0 Å². The Balaban J connectivity index is 1.94. The largest absolute Gasteiger partial charge is 0.497 e. The molecular formula is C26H33Cl2N3O5S. The van der Waals surface area contributed by atoms with Gasteiger partial charge in [0.1, 0.15) is 18.3 Å². The van der Waals surface area contributed by atoms with Crippen LogP contribution in [0.3, 0.4) is 0 Å². The van der Waals surface area contributed by atoms with Crippen molar-refractivity contribution in [1.29, 1.82) is 0 Å². The highest BCUT2D eigenvalue weighted by molar-refractivity contribution is 7.92. The normalized spacial score (nSPS) is 14.7. The van der Waals surface area contributed by atoms with Crippen molar-refractivity contribution in [3.63, 3.8) is 0 Å². The molecule has 202 valence electrons. The molecule has 0 spiro atoms. The van der Waals surface area contributed by atoms with E-state index in [0.29, 0.717) is 33.5 Å². The Hall–Kier alpha value is -2.49. The predicted molar refractivity (Wildman–Crippen MR) is 147 cm³/mol. The van der Waals surface area contributed by atoms with Gasteiger partial charge in [0.15, 0.2) is 0 Å². The van der Waals surface area contributed by atoms with Gasteiger partial charge >= 0.3 is 0 Å². The molecule has 2 aromatic rings. The van der Waals surface area contributed by atoms with E-state index in [-0.39, 0.29) is 18.5 Å². The van der Waals surface area contributed by atoms with E-state index in [1.165, 1.54) is 12.0 Å². The number of hydrogen-bond acceptors (Lipinski definition) is 5. The zero-order valence-corrected chi connectivity index (χ0v) is 23.6. The molecule has 0 radical (unpaired) electrons. The number of halogens is 2. The summed E-state index contributed by atoms with van der Waals surface area (Å²) >= 11 is 12.5. The minimum absolute atomic E-state index is 0.0195. The molecule has 0 aliphatic heterocycles. The van der Waals surface area contributed by atoms with Crippen molar-refractivity contribution in [2.45, 2.75) is 57.7 Å². The number of nitrogens with zero attached hydrogens (tertiary/aromatic N) is 2. The summed E-state index contributed by atoms with van der Waals surface area (Å²) in [5.74, 6) is -0.235. The van der Waals surface area contributed by atoms with Gasteiger partial charge in [-0.2, -0.15) is 0 Å². The van der Waals surface area contributed by atoms with E-state index in [1.807, 2.05) is 6.92 Å². The summed E-state index contributed by atoms with van der Waals surface area (Å²) in [6.07, 6.45) is 5.29. The first kappa shape index (κ1) is 29.1. The summed E-state index contributed by atoms with van der Waals surface area (Å²) in [5, 5.41) is 3.87. The average Bonchev–Trinajstić information content (AvgIpc) is 3.36. The van der Waals surface area contributed by atoms with Gasteiger partial charge in [-0.1, -0.05) is 49.0 Å². The third-order valence-electron chi connectivity index (χ3n) is 6.48. The maximum atomic E-state index is 13.8. The molecule has 2 amide bonds. The third kappa shape index (κ3) is 7.75. The smallest absolute Gasteiger partial charge is 0.244 e. The highest BCUT2D eigenvalue weighted by Crippen LogP contribution is 2.26. The first-order valence-electron chi connectivity index (χ1n) is 12.2. The lowest BCUT2D eigenvalue weighted by Gasteiger charge is -2.33. The Bertz CT molecular complexity index is 1200. The number of ether oxygens (including phenoxy) is 1. The number of methoxy groups -OCH3 is 1. The molecule has 0 heterocycles. The highest BCUT2D eigenvalue weighted by Gasteiger charge is 2.33. The van der Waals surface area contributed by atoms with Crippen LogP contribution in [0.15, 0.2) is 42.5 Å². The van der Waals surface area contributed by atoms with Crippen LogP contribution in [0, 0.1) is 0 Å². The van der Waals surface area contributed by atoms with Crippen molar-refractivity contribution in [2.24, 2.45) is 0 Å². The van der Waals surface area contributed by atoms with Crippen LogP contribution < -0.4 is 14.4 Å². The number of rotatable bonds is 11. The van der Waals surface area contributed by atoms with Crippen LogP contribution in [-0.4, -0.2) is 57.1 Å². The maximum Gasteiger partial charge on any atom is 0.244 e. The second kappa shape index (κ2) is 12.8. The number of carbonyl (C=O) groups excluding carboxylic acids is 2. The number of sulfonamides is 1. The molecule has 0 saturated heterocycles. The summed E-state index contributed by atoms with van der Waals surface area (Å²) in [5.41, 5.74) is 0.909. The number of benzene rings is 2. The molecule has 0 bridgehead atoms. The molecule has 1 atom stereocenters. The third-order valence-corrected chi connectivity index (χ3v) is 8.21. The van der Waals surface area contributed by atoms with Crippen molar-refractivity contribution in [3.8, 4) is 5.75 Å². The summed E-state index contributed by atoms with van der Waals surface area (Å²) in [6, 6.07) is 10.6. The van der Waals surface area contributed by atoms with Gasteiger partial charge in [-0.15, -0.1) is 0 Å². The van der Waals surface area contributed by atoms with Crippen molar-refractivity contribution < 1.29 is 22.7 Å². The Labute approximate surface area is 228 Å². The Morgan fingerprint density at radius 3 is 2.30 bits per heavy atom. The SMILES string of the molecule is CC[C@@H](C(=O)NC1CCCC1)N(Cc1ccc(Cl)cc1Cl)C(=O)CN(c1ccc(OC)cc1)S(C)(=O)=O. The standard InChI is InChI=1S/C26H33Cl2N3O5S/c1-4-24(26(33)29-20-7-5-6-8-20)30(16-18-9-10-19(27)15-23(18)28)25(32)17-31(37(3,34)35)21-11-13-22(36-2)14-12-21/h9-15,20,24H,4-8,16-17H2,1-3H3,(H,29,33)/t24-/m0/s1. The van der Waals surface area contributed by atoms with Crippen molar-refractivity contribution in [3.05, 3.63) is 58.1 Å². The van der Waals surface area contributed by atoms with E-state index < -0.39 is 28.5 Å². The number of amides is 2. The van der Waals surface area contributed by atoms with Gasteiger partial charge in [0.2, 0.25) is 21.8 Å². The molecule has 1 aliphatic rings. The quantitative estimate of drug-likeness (QED) is 0.425. The average molecular weight is 571 g/mol. The Morgan fingerprint density at radius 2 is 1.76 bits per heavy atom. The summed E-state index contributed by atoms with van der Waals surface area (Å²) in [7, 11) is -2.32. The number of anilines is 1. The molecule has 8 nitrogen and oxygen atoms in total. The molecule has 37 heavy (non-hydrogen) atoms. The van der Waals surface area contributed by atoms with Gasteiger partial charge in [-0.05, 0) is 61.2 Å². The fraction of sp³-hybridized carbons (Fsp3) is 0.462. The molecule has 2 aromatic carbocycles. The van der Waals surface area contributed by atoms with E-state index in [4.69, 9.17) is 27.9 Å².